The number of benzene rings is 2. The molecule has 0 aliphatic carbocycles. The van der Waals surface area contributed by atoms with Crippen molar-refractivity contribution in [3.8, 4) is 11.5 Å². The first-order valence-electron chi connectivity index (χ1n) is 7.72. The smallest absolute Gasteiger partial charge is 0.251 e. The molecule has 1 aliphatic rings. The molecule has 0 aromatic heterocycles. The minimum atomic E-state index is -0.0777. The molecule has 5 nitrogen and oxygen atoms in total. The Hall–Kier alpha value is -2.53. The average Bonchev–Trinajstić information content (AvgIpc) is 2.61. The third-order valence-electron chi connectivity index (χ3n) is 3.76. The van der Waals surface area contributed by atoms with Gasteiger partial charge in [-0.15, -0.1) is 0 Å². The van der Waals surface area contributed by atoms with Crippen LogP contribution in [0.3, 0.4) is 0 Å². The van der Waals surface area contributed by atoms with E-state index in [4.69, 9.17) is 15.2 Å². The number of nitrogens with two attached hydrogens (primary N) is 1. The lowest BCUT2D eigenvalue weighted by Gasteiger charge is -2.18. The van der Waals surface area contributed by atoms with E-state index in [-0.39, 0.29) is 5.91 Å². The number of nitrogens with one attached hydrogen (secondary N) is 1. The van der Waals surface area contributed by atoms with Gasteiger partial charge in [-0.2, -0.15) is 0 Å². The number of carbonyl (C=O) groups is 1. The fraction of sp³-hybridized carbons (Fsp3) is 0.278. The zero-order chi connectivity index (χ0) is 16.1. The van der Waals surface area contributed by atoms with Gasteiger partial charge in [-0.25, -0.2) is 0 Å². The SMILES string of the molecule is NCc1ccc(C(=O)NCCc2ccc3c(c2)OCCO3)cc1. The molecule has 0 spiro atoms. The predicted molar refractivity (Wildman–Crippen MR) is 87.8 cm³/mol. The first-order chi connectivity index (χ1) is 11.3. The highest BCUT2D eigenvalue weighted by Gasteiger charge is 2.11. The molecule has 120 valence electrons. The Balaban J connectivity index is 1.53. The van der Waals surface area contributed by atoms with Gasteiger partial charge in [-0.05, 0) is 41.8 Å². The Morgan fingerprint density at radius 1 is 1.00 bits per heavy atom. The minimum absolute atomic E-state index is 0.0777. The molecule has 0 bridgehead atoms. The summed E-state index contributed by atoms with van der Waals surface area (Å²) >= 11 is 0. The molecular formula is C18H20N2O3. The molecule has 0 unspecified atom stereocenters. The first-order valence-corrected chi connectivity index (χ1v) is 7.72. The van der Waals surface area contributed by atoms with Crippen LogP contribution in [0.15, 0.2) is 42.5 Å². The van der Waals surface area contributed by atoms with Crippen molar-refractivity contribution in [3.63, 3.8) is 0 Å². The average molecular weight is 312 g/mol. The second kappa shape index (κ2) is 7.15. The number of ether oxygens (including phenoxy) is 2. The molecule has 0 atom stereocenters. The topological polar surface area (TPSA) is 73.6 Å². The minimum Gasteiger partial charge on any atom is -0.486 e. The van der Waals surface area contributed by atoms with Gasteiger partial charge in [0.15, 0.2) is 11.5 Å². The highest BCUT2D eigenvalue weighted by atomic mass is 16.6. The highest BCUT2D eigenvalue weighted by molar-refractivity contribution is 5.94. The molecule has 0 saturated carbocycles. The summed E-state index contributed by atoms with van der Waals surface area (Å²) in [5, 5.41) is 2.92. The van der Waals surface area contributed by atoms with Crippen LogP contribution in [0.5, 0.6) is 11.5 Å². The Morgan fingerprint density at radius 3 is 2.43 bits per heavy atom. The van der Waals surface area contributed by atoms with Gasteiger partial charge in [0.2, 0.25) is 0 Å². The highest BCUT2D eigenvalue weighted by Crippen LogP contribution is 2.30. The van der Waals surface area contributed by atoms with Crippen LogP contribution in [0.1, 0.15) is 21.5 Å². The second-order valence-electron chi connectivity index (χ2n) is 5.38. The molecule has 3 N–H and O–H groups in total. The zero-order valence-electron chi connectivity index (χ0n) is 12.9. The maximum Gasteiger partial charge on any atom is 0.251 e. The predicted octanol–water partition coefficient (Wildman–Crippen LogP) is 1.89. The number of rotatable bonds is 5. The fourth-order valence-corrected chi connectivity index (χ4v) is 2.46. The number of fused-ring (bicyclic) bond motifs is 1. The molecular weight excluding hydrogens is 292 g/mol. The molecule has 1 amide bonds. The van der Waals surface area contributed by atoms with Crippen molar-refractivity contribution in [1.29, 1.82) is 0 Å². The van der Waals surface area contributed by atoms with Gasteiger partial charge < -0.3 is 20.5 Å². The van der Waals surface area contributed by atoms with Crippen LogP contribution in [0.4, 0.5) is 0 Å². The summed E-state index contributed by atoms with van der Waals surface area (Å²) in [4.78, 5) is 12.1. The summed E-state index contributed by atoms with van der Waals surface area (Å²) in [6, 6.07) is 13.2. The van der Waals surface area contributed by atoms with Gasteiger partial charge in [0, 0.05) is 18.7 Å². The summed E-state index contributed by atoms with van der Waals surface area (Å²) in [7, 11) is 0. The molecule has 0 fully saturated rings. The molecule has 0 radical (unpaired) electrons. The normalized spacial score (nSPS) is 12.7. The number of amides is 1. The maximum absolute atomic E-state index is 12.1. The van der Waals surface area contributed by atoms with Crippen LogP contribution in [0.2, 0.25) is 0 Å². The summed E-state index contributed by atoms with van der Waals surface area (Å²) in [5.74, 6) is 1.48. The van der Waals surface area contributed by atoms with E-state index in [1.54, 1.807) is 12.1 Å². The molecule has 5 heteroatoms. The third kappa shape index (κ3) is 3.81. The number of carbonyl (C=O) groups excluding carboxylic acids is 1. The van der Waals surface area contributed by atoms with E-state index in [9.17, 15) is 4.79 Å². The summed E-state index contributed by atoms with van der Waals surface area (Å²) < 4.78 is 11.1. The van der Waals surface area contributed by atoms with Gasteiger partial charge in [-0.3, -0.25) is 4.79 Å². The Bertz CT molecular complexity index is 683. The van der Waals surface area contributed by atoms with E-state index < -0.39 is 0 Å². The first kappa shape index (κ1) is 15.4. The summed E-state index contributed by atoms with van der Waals surface area (Å²) in [6.45, 7) is 2.21. The van der Waals surface area contributed by atoms with Crippen molar-refractivity contribution in [2.24, 2.45) is 5.73 Å². The summed E-state index contributed by atoms with van der Waals surface area (Å²) in [6.07, 6.45) is 0.739. The van der Waals surface area contributed by atoms with Crippen molar-refractivity contribution in [3.05, 3.63) is 59.2 Å². The molecule has 23 heavy (non-hydrogen) atoms. The van der Waals surface area contributed by atoms with Crippen LogP contribution < -0.4 is 20.5 Å². The maximum atomic E-state index is 12.1. The van der Waals surface area contributed by atoms with Crippen LogP contribution in [0.25, 0.3) is 0 Å². The Kier molecular flexibility index (Phi) is 4.78. The van der Waals surface area contributed by atoms with E-state index in [0.29, 0.717) is 31.9 Å². The van der Waals surface area contributed by atoms with E-state index in [1.165, 1.54) is 0 Å². The van der Waals surface area contributed by atoms with Gasteiger partial charge in [0.25, 0.3) is 5.91 Å². The second-order valence-corrected chi connectivity index (χ2v) is 5.38. The third-order valence-corrected chi connectivity index (χ3v) is 3.76. The van der Waals surface area contributed by atoms with E-state index >= 15 is 0 Å². The standard InChI is InChI=1S/C18H20N2O3/c19-12-14-1-4-15(5-2-14)18(21)20-8-7-13-3-6-16-17(11-13)23-10-9-22-16/h1-6,11H,7-10,12,19H2,(H,20,21). The molecule has 2 aromatic carbocycles. The van der Waals surface area contributed by atoms with Crippen LogP contribution in [-0.4, -0.2) is 25.7 Å². The lowest BCUT2D eigenvalue weighted by molar-refractivity contribution is 0.0954. The van der Waals surface area contributed by atoms with Crippen molar-refractivity contribution >= 4 is 5.91 Å². The van der Waals surface area contributed by atoms with Gasteiger partial charge in [-0.1, -0.05) is 18.2 Å². The van der Waals surface area contributed by atoms with Crippen molar-refractivity contribution in [2.75, 3.05) is 19.8 Å². The van der Waals surface area contributed by atoms with E-state index in [0.717, 1.165) is 29.0 Å². The Labute approximate surface area is 135 Å². The molecule has 0 saturated heterocycles. The van der Waals surface area contributed by atoms with Gasteiger partial charge in [0.05, 0.1) is 0 Å². The van der Waals surface area contributed by atoms with Gasteiger partial charge in [0.1, 0.15) is 13.2 Å². The molecule has 1 heterocycles. The lowest BCUT2D eigenvalue weighted by Crippen LogP contribution is -2.25. The van der Waals surface area contributed by atoms with Crippen LogP contribution in [-0.2, 0) is 13.0 Å². The fourth-order valence-electron chi connectivity index (χ4n) is 2.46. The van der Waals surface area contributed by atoms with E-state index in [2.05, 4.69) is 5.32 Å². The van der Waals surface area contributed by atoms with Gasteiger partial charge >= 0.3 is 0 Å². The molecule has 1 aliphatic heterocycles. The summed E-state index contributed by atoms with van der Waals surface area (Å²) in [5.41, 5.74) is 8.31. The largest absolute Gasteiger partial charge is 0.486 e. The molecule has 3 rings (SSSR count). The van der Waals surface area contributed by atoms with E-state index in [1.807, 2.05) is 30.3 Å². The van der Waals surface area contributed by atoms with Crippen molar-refractivity contribution in [1.82, 2.24) is 5.32 Å². The van der Waals surface area contributed by atoms with Crippen LogP contribution >= 0.6 is 0 Å². The van der Waals surface area contributed by atoms with Crippen LogP contribution in [0, 0.1) is 0 Å². The van der Waals surface area contributed by atoms with Crippen molar-refractivity contribution < 1.29 is 14.3 Å². The van der Waals surface area contributed by atoms with Crippen molar-refractivity contribution in [2.45, 2.75) is 13.0 Å². The quantitative estimate of drug-likeness (QED) is 0.884. The monoisotopic (exact) mass is 312 g/mol. The zero-order valence-corrected chi connectivity index (χ0v) is 12.9. The lowest BCUT2D eigenvalue weighted by atomic mass is 10.1. The molecule has 2 aromatic rings. The number of hydrogen-bond acceptors (Lipinski definition) is 4. The Morgan fingerprint density at radius 2 is 1.70 bits per heavy atom. The number of hydrogen-bond donors (Lipinski definition) is 2.